The van der Waals surface area contributed by atoms with E-state index in [-0.39, 0.29) is 5.41 Å². The molecule has 0 amide bonds. The minimum Gasteiger partial charge on any atom is -0.456 e. The third-order valence-corrected chi connectivity index (χ3v) is 9.30. The lowest BCUT2D eigenvalue weighted by Gasteiger charge is -2.43. The van der Waals surface area contributed by atoms with Crippen LogP contribution in [-0.2, 0) is 10.8 Å². The SMILES string of the molecule is CC1(C)c2ccccc2-c2ccc3c(c21)Oc1ccccc1C31c2ccccc2C=Cc2ccc(Br)cc21. The summed E-state index contributed by atoms with van der Waals surface area (Å²) in [7, 11) is 0. The van der Waals surface area contributed by atoms with Crippen LogP contribution in [0, 0.1) is 0 Å². The number of rotatable bonds is 0. The van der Waals surface area contributed by atoms with Gasteiger partial charge in [-0.1, -0.05) is 127 Å². The number of ether oxygens (including phenoxy) is 1. The Morgan fingerprint density at radius 3 is 2.11 bits per heavy atom. The third kappa shape index (κ3) is 2.66. The highest BCUT2D eigenvalue weighted by Crippen LogP contribution is 2.62. The van der Waals surface area contributed by atoms with Gasteiger partial charge in [0.1, 0.15) is 11.5 Å². The van der Waals surface area contributed by atoms with E-state index in [9.17, 15) is 0 Å². The van der Waals surface area contributed by atoms with Crippen LogP contribution in [0.1, 0.15) is 58.4 Å². The summed E-state index contributed by atoms with van der Waals surface area (Å²) in [5.74, 6) is 1.91. The zero-order chi connectivity index (χ0) is 25.6. The molecular weight excluding hydrogens is 528 g/mol. The topological polar surface area (TPSA) is 9.23 Å². The summed E-state index contributed by atoms with van der Waals surface area (Å²) < 4.78 is 8.06. The van der Waals surface area contributed by atoms with Gasteiger partial charge in [0.25, 0.3) is 0 Å². The van der Waals surface area contributed by atoms with E-state index >= 15 is 0 Å². The highest BCUT2D eigenvalue weighted by Gasteiger charge is 2.51. The van der Waals surface area contributed by atoms with E-state index in [0.29, 0.717) is 0 Å². The molecule has 0 aromatic heterocycles. The molecule has 0 N–H and O–H groups in total. The maximum Gasteiger partial charge on any atom is 0.136 e. The van der Waals surface area contributed by atoms with Crippen LogP contribution in [0.25, 0.3) is 23.3 Å². The Balaban J connectivity index is 1.58. The molecule has 0 fully saturated rings. The second kappa shape index (κ2) is 7.58. The first kappa shape index (κ1) is 22.1. The first-order chi connectivity index (χ1) is 18.5. The summed E-state index contributed by atoms with van der Waals surface area (Å²) in [6.45, 7) is 4.67. The predicted octanol–water partition coefficient (Wildman–Crippen LogP) is 9.73. The number of halogens is 1. The van der Waals surface area contributed by atoms with E-state index in [2.05, 4.69) is 145 Å². The van der Waals surface area contributed by atoms with Crippen molar-refractivity contribution in [2.75, 3.05) is 0 Å². The van der Waals surface area contributed by atoms with Gasteiger partial charge < -0.3 is 4.74 Å². The van der Waals surface area contributed by atoms with Crippen LogP contribution in [0.2, 0.25) is 0 Å². The van der Waals surface area contributed by atoms with Gasteiger partial charge in [0.15, 0.2) is 0 Å². The molecule has 1 atom stereocenters. The lowest BCUT2D eigenvalue weighted by molar-refractivity contribution is 0.421. The smallest absolute Gasteiger partial charge is 0.136 e. The van der Waals surface area contributed by atoms with E-state index in [4.69, 9.17) is 4.74 Å². The molecule has 1 nitrogen and oxygen atoms in total. The Bertz CT molecular complexity index is 1840. The number of benzene rings is 5. The summed E-state index contributed by atoms with van der Waals surface area (Å²) in [5, 5.41) is 0. The Labute approximate surface area is 231 Å². The Hall–Kier alpha value is -3.88. The molecular formula is C36H25BrO. The summed E-state index contributed by atoms with van der Waals surface area (Å²) in [6.07, 6.45) is 4.53. The monoisotopic (exact) mass is 552 g/mol. The van der Waals surface area contributed by atoms with Crippen LogP contribution >= 0.6 is 15.9 Å². The molecule has 8 rings (SSSR count). The van der Waals surface area contributed by atoms with Gasteiger partial charge in [-0.15, -0.1) is 0 Å². The summed E-state index contributed by atoms with van der Waals surface area (Å²) >= 11 is 3.82. The largest absolute Gasteiger partial charge is 0.456 e. The van der Waals surface area contributed by atoms with Gasteiger partial charge in [-0.25, -0.2) is 0 Å². The fourth-order valence-electron chi connectivity index (χ4n) is 7.23. The molecule has 5 aromatic rings. The maximum atomic E-state index is 6.98. The second-order valence-corrected chi connectivity index (χ2v) is 12.0. The van der Waals surface area contributed by atoms with Crippen molar-refractivity contribution in [2.45, 2.75) is 24.7 Å². The number of para-hydroxylation sites is 1. The molecule has 1 unspecified atom stereocenters. The van der Waals surface area contributed by atoms with Crippen LogP contribution < -0.4 is 4.74 Å². The minimum absolute atomic E-state index is 0.187. The molecule has 1 heterocycles. The average molecular weight is 553 g/mol. The molecule has 0 radical (unpaired) electrons. The number of hydrogen-bond acceptors (Lipinski definition) is 1. The summed E-state index contributed by atoms with van der Waals surface area (Å²) in [4.78, 5) is 0. The van der Waals surface area contributed by atoms with Crippen molar-refractivity contribution in [3.8, 4) is 22.6 Å². The van der Waals surface area contributed by atoms with Crippen molar-refractivity contribution in [3.63, 3.8) is 0 Å². The molecule has 2 heteroatoms. The fourth-order valence-corrected chi connectivity index (χ4v) is 7.60. The molecule has 1 aliphatic heterocycles. The first-order valence-electron chi connectivity index (χ1n) is 13.1. The van der Waals surface area contributed by atoms with Gasteiger partial charge in [-0.3, -0.25) is 0 Å². The van der Waals surface area contributed by atoms with Crippen molar-refractivity contribution >= 4 is 28.1 Å². The van der Waals surface area contributed by atoms with Crippen molar-refractivity contribution in [3.05, 3.63) is 152 Å². The molecule has 0 saturated carbocycles. The molecule has 1 spiro atoms. The van der Waals surface area contributed by atoms with Crippen LogP contribution in [0.5, 0.6) is 11.5 Å². The second-order valence-electron chi connectivity index (χ2n) is 11.0. The number of hydrogen-bond donors (Lipinski definition) is 0. The average Bonchev–Trinajstić information content (AvgIpc) is 3.08. The van der Waals surface area contributed by atoms with Gasteiger partial charge in [0.2, 0.25) is 0 Å². The summed E-state index contributed by atoms with van der Waals surface area (Å²) in [6, 6.07) is 37.6. The molecule has 38 heavy (non-hydrogen) atoms. The normalized spacial score (nSPS) is 18.8. The van der Waals surface area contributed by atoms with Crippen molar-refractivity contribution in [1.82, 2.24) is 0 Å². The predicted molar refractivity (Wildman–Crippen MR) is 159 cm³/mol. The van der Waals surface area contributed by atoms with Crippen molar-refractivity contribution < 1.29 is 4.74 Å². The highest BCUT2D eigenvalue weighted by molar-refractivity contribution is 9.10. The lowest BCUT2D eigenvalue weighted by atomic mass is 9.61. The first-order valence-corrected chi connectivity index (χ1v) is 13.9. The molecule has 0 bridgehead atoms. The van der Waals surface area contributed by atoms with Crippen LogP contribution in [0.15, 0.2) is 108 Å². The van der Waals surface area contributed by atoms with E-state index in [1.807, 2.05) is 0 Å². The van der Waals surface area contributed by atoms with Gasteiger partial charge in [0.05, 0.1) is 5.41 Å². The lowest BCUT2D eigenvalue weighted by Crippen LogP contribution is -2.36. The molecule has 3 aliphatic rings. The fraction of sp³-hybridized carbons (Fsp3) is 0.111. The zero-order valence-electron chi connectivity index (χ0n) is 21.3. The van der Waals surface area contributed by atoms with Crippen LogP contribution in [0.3, 0.4) is 0 Å². The standard InChI is InChI=1S/C36H25BrO/c1-35(2)28-12-6-4-10-25(28)26-19-20-30-34(33(26)35)38-32-14-8-7-13-29(32)36(30)27-11-5-3-9-22(27)15-16-23-17-18-24(37)21-31(23)36/h3-21H,1-2H3. The third-order valence-electron chi connectivity index (χ3n) is 8.81. The quantitative estimate of drug-likeness (QED) is 0.182. The van der Waals surface area contributed by atoms with Crippen LogP contribution in [0.4, 0.5) is 0 Å². The van der Waals surface area contributed by atoms with E-state index in [0.717, 1.165) is 16.0 Å². The Kier molecular flexibility index (Phi) is 4.42. The molecule has 182 valence electrons. The van der Waals surface area contributed by atoms with E-state index < -0.39 is 5.41 Å². The van der Waals surface area contributed by atoms with Gasteiger partial charge in [-0.05, 0) is 57.1 Å². The summed E-state index contributed by atoms with van der Waals surface area (Å²) in [5.41, 5.74) is 11.8. The van der Waals surface area contributed by atoms with Crippen molar-refractivity contribution in [1.29, 1.82) is 0 Å². The van der Waals surface area contributed by atoms with Gasteiger partial charge >= 0.3 is 0 Å². The van der Waals surface area contributed by atoms with E-state index in [1.165, 1.54) is 55.6 Å². The van der Waals surface area contributed by atoms with Gasteiger partial charge in [-0.2, -0.15) is 0 Å². The number of fused-ring (bicyclic) bond motifs is 12. The maximum absolute atomic E-state index is 6.98. The Morgan fingerprint density at radius 2 is 1.26 bits per heavy atom. The van der Waals surface area contributed by atoms with E-state index in [1.54, 1.807) is 0 Å². The molecule has 0 saturated heterocycles. The molecule has 2 aliphatic carbocycles. The zero-order valence-corrected chi connectivity index (χ0v) is 22.8. The highest BCUT2D eigenvalue weighted by atomic mass is 79.9. The van der Waals surface area contributed by atoms with Crippen molar-refractivity contribution in [2.24, 2.45) is 0 Å². The minimum atomic E-state index is -0.538. The Morgan fingerprint density at radius 1 is 0.579 bits per heavy atom. The van der Waals surface area contributed by atoms with Gasteiger partial charge in [0, 0.05) is 26.6 Å². The molecule has 5 aromatic carbocycles. The van der Waals surface area contributed by atoms with Crippen LogP contribution in [-0.4, -0.2) is 0 Å².